The molecule has 0 aliphatic heterocycles. The zero-order valence-corrected chi connectivity index (χ0v) is 16.4. The van der Waals surface area contributed by atoms with Crippen LogP contribution in [-0.4, -0.2) is 24.8 Å². The van der Waals surface area contributed by atoms with Gasteiger partial charge in [-0.15, -0.1) is 0 Å². The summed E-state index contributed by atoms with van der Waals surface area (Å²) >= 11 is 6.46. The van der Waals surface area contributed by atoms with E-state index in [9.17, 15) is 9.59 Å². The maximum atomic E-state index is 12.9. The van der Waals surface area contributed by atoms with Crippen LogP contribution in [0, 0.1) is 6.92 Å². The quantitative estimate of drug-likeness (QED) is 0.578. The molecule has 2 aromatic heterocycles. The summed E-state index contributed by atoms with van der Waals surface area (Å²) in [7, 11) is 3.41. The average Bonchev–Trinajstić information content (AvgIpc) is 3.11. The summed E-state index contributed by atoms with van der Waals surface area (Å²) in [5, 5.41) is 7.49. The van der Waals surface area contributed by atoms with Gasteiger partial charge in [-0.2, -0.15) is 5.10 Å². The van der Waals surface area contributed by atoms with Crippen LogP contribution in [0.1, 0.15) is 16.1 Å². The first kappa shape index (κ1) is 18.1. The number of hydrogen-bond donors (Lipinski definition) is 1. The minimum absolute atomic E-state index is 0.124. The van der Waals surface area contributed by atoms with Gasteiger partial charge in [0.1, 0.15) is 10.7 Å². The Balaban J connectivity index is 1.70. The molecule has 1 amide bonds. The molecule has 0 fully saturated rings. The zero-order valence-electron chi connectivity index (χ0n) is 15.6. The van der Waals surface area contributed by atoms with Gasteiger partial charge in [-0.05, 0) is 37.3 Å². The summed E-state index contributed by atoms with van der Waals surface area (Å²) in [6.07, 6.45) is 0. The summed E-state index contributed by atoms with van der Waals surface area (Å²) in [6.45, 7) is 1.74. The number of carbonyl (C=O) groups is 1. The number of aromatic nitrogens is 4. The predicted octanol–water partition coefficient (Wildman–Crippen LogP) is 3.28. The molecule has 0 spiro atoms. The predicted molar refractivity (Wildman–Crippen MR) is 109 cm³/mol. The third kappa shape index (κ3) is 2.80. The molecule has 1 N–H and O–H groups in total. The lowest BCUT2D eigenvalue weighted by atomic mass is 10.2. The van der Waals surface area contributed by atoms with E-state index in [4.69, 9.17) is 11.6 Å². The summed E-state index contributed by atoms with van der Waals surface area (Å²) in [5.74, 6) is -0.357. The molecular weight excluding hydrogens is 378 g/mol. The molecule has 0 bridgehead atoms. The van der Waals surface area contributed by atoms with E-state index in [0.717, 1.165) is 16.7 Å². The molecule has 0 aliphatic carbocycles. The molecule has 142 valence electrons. The molecular formula is C20H18ClN5O2. The van der Waals surface area contributed by atoms with Crippen molar-refractivity contribution in [2.45, 2.75) is 6.92 Å². The Morgan fingerprint density at radius 1 is 1.04 bits per heavy atom. The number of anilines is 1. The van der Waals surface area contributed by atoms with E-state index in [1.54, 1.807) is 43.8 Å². The van der Waals surface area contributed by atoms with Crippen LogP contribution in [0.4, 0.5) is 5.69 Å². The van der Waals surface area contributed by atoms with Crippen LogP contribution in [0.2, 0.25) is 5.15 Å². The number of nitrogens with one attached hydrogen (secondary N) is 1. The Bertz CT molecular complexity index is 1270. The number of fused-ring (bicyclic) bond motifs is 1. The number of para-hydroxylation sites is 1. The molecule has 28 heavy (non-hydrogen) atoms. The van der Waals surface area contributed by atoms with Gasteiger partial charge >= 0.3 is 5.69 Å². The highest BCUT2D eigenvalue weighted by molar-refractivity contribution is 6.34. The molecule has 4 rings (SSSR count). The highest BCUT2D eigenvalue weighted by Crippen LogP contribution is 2.25. The number of amides is 1. The highest BCUT2D eigenvalue weighted by Gasteiger charge is 2.21. The first-order chi connectivity index (χ1) is 13.4. The summed E-state index contributed by atoms with van der Waals surface area (Å²) in [5.41, 5.74) is 3.58. The SMILES string of the molecule is Cc1nn(-c2ccccc2)c(Cl)c1C(=O)Nc1ccc2c(c1)n(C)c(=O)n2C. The van der Waals surface area contributed by atoms with Gasteiger partial charge in [0.05, 0.1) is 22.4 Å². The van der Waals surface area contributed by atoms with Crippen molar-refractivity contribution in [1.82, 2.24) is 18.9 Å². The molecule has 2 aromatic carbocycles. The van der Waals surface area contributed by atoms with Gasteiger partial charge in [-0.25, -0.2) is 9.48 Å². The van der Waals surface area contributed by atoms with E-state index in [1.165, 1.54) is 9.25 Å². The van der Waals surface area contributed by atoms with Crippen LogP contribution in [0.15, 0.2) is 53.3 Å². The molecule has 0 aliphatic rings. The van der Waals surface area contributed by atoms with Crippen molar-refractivity contribution >= 4 is 34.2 Å². The number of aryl methyl sites for hydroxylation is 3. The van der Waals surface area contributed by atoms with Crippen LogP contribution in [0.3, 0.4) is 0 Å². The second-order valence-electron chi connectivity index (χ2n) is 6.56. The summed E-state index contributed by atoms with van der Waals surface area (Å²) in [4.78, 5) is 25.0. The van der Waals surface area contributed by atoms with Gasteiger partial charge in [-0.3, -0.25) is 13.9 Å². The normalized spacial score (nSPS) is 11.1. The number of benzene rings is 2. The second kappa shape index (κ2) is 6.69. The van der Waals surface area contributed by atoms with Crippen LogP contribution in [0.25, 0.3) is 16.7 Å². The van der Waals surface area contributed by atoms with E-state index < -0.39 is 0 Å². The smallest absolute Gasteiger partial charge is 0.322 e. The number of imidazole rings is 1. The van der Waals surface area contributed by atoms with E-state index >= 15 is 0 Å². The van der Waals surface area contributed by atoms with Gasteiger partial charge in [0.2, 0.25) is 0 Å². The van der Waals surface area contributed by atoms with E-state index in [-0.39, 0.29) is 16.8 Å². The fraction of sp³-hybridized carbons (Fsp3) is 0.150. The van der Waals surface area contributed by atoms with E-state index in [2.05, 4.69) is 10.4 Å². The third-order valence-electron chi connectivity index (χ3n) is 4.76. The topological polar surface area (TPSA) is 73.8 Å². The maximum Gasteiger partial charge on any atom is 0.328 e. The van der Waals surface area contributed by atoms with Crippen molar-refractivity contribution in [3.63, 3.8) is 0 Å². The Hall–Kier alpha value is -3.32. The molecule has 7 nitrogen and oxygen atoms in total. The third-order valence-corrected chi connectivity index (χ3v) is 5.11. The van der Waals surface area contributed by atoms with Crippen molar-refractivity contribution in [1.29, 1.82) is 0 Å². The number of hydrogen-bond acceptors (Lipinski definition) is 3. The fourth-order valence-corrected chi connectivity index (χ4v) is 3.63. The number of halogens is 1. The van der Waals surface area contributed by atoms with Crippen LogP contribution in [0.5, 0.6) is 0 Å². The van der Waals surface area contributed by atoms with Crippen molar-refractivity contribution in [2.75, 3.05) is 5.32 Å². The van der Waals surface area contributed by atoms with Gasteiger partial charge in [0.15, 0.2) is 0 Å². The Morgan fingerprint density at radius 2 is 1.71 bits per heavy atom. The fourth-order valence-electron chi connectivity index (χ4n) is 3.28. The lowest BCUT2D eigenvalue weighted by Crippen LogP contribution is -2.19. The second-order valence-corrected chi connectivity index (χ2v) is 6.91. The zero-order chi connectivity index (χ0) is 20.0. The first-order valence-electron chi connectivity index (χ1n) is 8.66. The first-order valence-corrected chi connectivity index (χ1v) is 9.03. The van der Waals surface area contributed by atoms with Gasteiger partial charge in [0.25, 0.3) is 5.91 Å². The number of carbonyl (C=O) groups excluding carboxylic acids is 1. The van der Waals surface area contributed by atoms with E-state index in [1.807, 2.05) is 30.3 Å². The Kier molecular flexibility index (Phi) is 4.31. The Morgan fingerprint density at radius 3 is 2.43 bits per heavy atom. The molecule has 0 radical (unpaired) electrons. The van der Waals surface area contributed by atoms with Gasteiger partial charge in [-0.1, -0.05) is 29.8 Å². The van der Waals surface area contributed by atoms with E-state index in [0.29, 0.717) is 16.9 Å². The van der Waals surface area contributed by atoms with Crippen molar-refractivity contribution in [2.24, 2.45) is 14.1 Å². The van der Waals surface area contributed by atoms with Crippen LogP contribution >= 0.6 is 11.6 Å². The molecule has 0 unspecified atom stereocenters. The maximum absolute atomic E-state index is 12.9. The van der Waals surface area contributed by atoms with Crippen LogP contribution in [-0.2, 0) is 14.1 Å². The lowest BCUT2D eigenvalue weighted by molar-refractivity contribution is 0.102. The molecule has 2 heterocycles. The standard InChI is InChI=1S/C20H18ClN5O2/c1-12-17(18(21)26(23-12)14-7-5-4-6-8-14)19(27)22-13-9-10-15-16(11-13)25(3)20(28)24(15)2/h4-11H,1-3H3,(H,22,27). The summed E-state index contributed by atoms with van der Waals surface area (Å²) in [6, 6.07) is 14.7. The summed E-state index contributed by atoms with van der Waals surface area (Å²) < 4.78 is 4.64. The minimum atomic E-state index is -0.357. The molecule has 0 atom stereocenters. The van der Waals surface area contributed by atoms with Crippen molar-refractivity contribution in [3.05, 3.63) is 75.4 Å². The largest absolute Gasteiger partial charge is 0.328 e. The van der Waals surface area contributed by atoms with Gasteiger partial charge in [0, 0.05) is 19.8 Å². The molecule has 0 saturated heterocycles. The molecule has 8 heteroatoms. The molecule has 0 saturated carbocycles. The average molecular weight is 396 g/mol. The van der Waals surface area contributed by atoms with Crippen LogP contribution < -0.4 is 11.0 Å². The number of rotatable bonds is 3. The van der Waals surface area contributed by atoms with Crippen molar-refractivity contribution < 1.29 is 4.79 Å². The van der Waals surface area contributed by atoms with Gasteiger partial charge < -0.3 is 5.32 Å². The molecule has 4 aromatic rings. The highest BCUT2D eigenvalue weighted by atomic mass is 35.5. The van der Waals surface area contributed by atoms with Crippen molar-refractivity contribution in [3.8, 4) is 5.69 Å². The Labute approximate surface area is 165 Å². The number of nitrogens with zero attached hydrogens (tertiary/aromatic N) is 4. The lowest BCUT2D eigenvalue weighted by Gasteiger charge is -2.06. The monoisotopic (exact) mass is 395 g/mol. The minimum Gasteiger partial charge on any atom is -0.322 e.